The molecule has 0 atom stereocenters. The van der Waals surface area contributed by atoms with Crippen LogP contribution in [0.3, 0.4) is 0 Å². The van der Waals surface area contributed by atoms with Crippen molar-refractivity contribution >= 4 is 39.1 Å². The third-order valence-corrected chi connectivity index (χ3v) is 4.39. The molecule has 1 aromatic heterocycles. The molecule has 0 spiro atoms. The minimum absolute atomic E-state index is 0.0336. The van der Waals surface area contributed by atoms with Gasteiger partial charge in [-0.3, -0.25) is 9.59 Å². The van der Waals surface area contributed by atoms with Crippen LogP contribution in [0.4, 0.5) is 0 Å². The van der Waals surface area contributed by atoms with Crippen molar-refractivity contribution < 1.29 is 9.59 Å². The number of halogens is 1. The zero-order chi connectivity index (χ0) is 15.4. The molecule has 0 saturated carbocycles. The summed E-state index contributed by atoms with van der Waals surface area (Å²) in [5, 5.41) is 4.66. The number of nitrogens with one attached hydrogen (secondary N) is 1. The monoisotopic (exact) mass is 366 g/mol. The summed E-state index contributed by atoms with van der Waals surface area (Å²) in [5.74, 6) is -0.140. The quantitative estimate of drug-likeness (QED) is 0.903. The fraction of sp³-hybridized carbons (Fsp3) is 0.200. The van der Waals surface area contributed by atoms with Crippen LogP contribution in [-0.2, 0) is 6.54 Å². The standard InChI is InChI=1S/C15H15BrN2O2S/c1-18(2)15(20)11-5-3-10(4-6-11)8-17-14(19)12-7-13(16)21-9-12/h3-7,9H,8H2,1-2H3,(H,17,19). The van der Waals surface area contributed by atoms with E-state index in [1.165, 1.54) is 16.2 Å². The van der Waals surface area contributed by atoms with Crippen LogP contribution in [0, 0.1) is 0 Å². The molecule has 21 heavy (non-hydrogen) atoms. The van der Waals surface area contributed by atoms with E-state index in [1.807, 2.05) is 12.1 Å². The minimum Gasteiger partial charge on any atom is -0.348 e. The van der Waals surface area contributed by atoms with E-state index in [1.54, 1.807) is 37.7 Å². The van der Waals surface area contributed by atoms with Crippen molar-refractivity contribution in [3.63, 3.8) is 0 Å². The second-order valence-electron chi connectivity index (χ2n) is 4.72. The van der Waals surface area contributed by atoms with E-state index in [9.17, 15) is 9.59 Å². The van der Waals surface area contributed by atoms with Crippen LogP contribution in [0.5, 0.6) is 0 Å². The topological polar surface area (TPSA) is 49.4 Å². The van der Waals surface area contributed by atoms with Crippen LogP contribution in [0.2, 0.25) is 0 Å². The van der Waals surface area contributed by atoms with Gasteiger partial charge >= 0.3 is 0 Å². The Morgan fingerprint density at radius 3 is 2.38 bits per heavy atom. The number of amides is 2. The number of carbonyl (C=O) groups excluding carboxylic acids is 2. The fourth-order valence-corrected chi connectivity index (χ4v) is 2.87. The third kappa shape index (κ3) is 4.15. The maximum absolute atomic E-state index is 11.9. The highest BCUT2D eigenvalue weighted by molar-refractivity contribution is 9.11. The van der Waals surface area contributed by atoms with Gasteiger partial charge in [0, 0.05) is 31.6 Å². The lowest BCUT2D eigenvalue weighted by molar-refractivity contribution is 0.0827. The second kappa shape index (κ2) is 6.87. The Morgan fingerprint density at radius 1 is 1.19 bits per heavy atom. The van der Waals surface area contributed by atoms with Crippen molar-refractivity contribution in [3.05, 3.63) is 56.2 Å². The number of benzene rings is 1. The average Bonchev–Trinajstić information content (AvgIpc) is 2.91. The van der Waals surface area contributed by atoms with Crippen molar-refractivity contribution in [2.24, 2.45) is 0 Å². The van der Waals surface area contributed by atoms with Gasteiger partial charge in [0.15, 0.2) is 0 Å². The number of hydrogen-bond acceptors (Lipinski definition) is 3. The lowest BCUT2D eigenvalue weighted by atomic mass is 10.1. The molecule has 1 aromatic carbocycles. The summed E-state index contributed by atoms with van der Waals surface area (Å²) < 4.78 is 0.930. The first-order chi connectivity index (χ1) is 9.97. The molecule has 0 aliphatic carbocycles. The zero-order valence-corrected chi connectivity index (χ0v) is 14.1. The van der Waals surface area contributed by atoms with Gasteiger partial charge in [0.2, 0.25) is 0 Å². The molecule has 0 radical (unpaired) electrons. The molecule has 0 saturated heterocycles. The molecule has 0 aliphatic rings. The molecular weight excluding hydrogens is 352 g/mol. The molecule has 0 unspecified atom stereocenters. The minimum atomic E-state index is -0.106. The number of nitrogens with zero attached hydrogens (tertiary/aromatic N) is 1. The predicted octanol–water partition coefficient (Wildman–Crippen LogP) is 3.14. The Labute approximate surface area is 135 Å². The molecular formula is C15H15BrN2O2S. The maximum atomic E-state index is 11.9. The van der Waals surface area contributed by atoms with Crippen molar-refractivity contribution in [2.75, 3.05) is 14.1 Å². The van der Waals surface area contributed by atoms with Gasteiger partial charge in [0.1, 0.15) is 0 Å². The normalized spacial score (nSPS) is 10.2. The van der Waals surface area contributed by atoms with E-state index in [0.717, 1.165) is 9.35 Å². The van der Waals surface area contributed by atoms with E-state index in [2.05, 4.69) is 21.2 Å². The largest absolute Gasteiger partial charge is 0.348 e. The van der Waals surface area contributed by atoms with E-state index in [-0.39, 0.29) is 11.8 Å². The molecule has 0 fully saturated rings. The number of rotatable bonds is 4. The molecule has 4 nitrogen and oxygen atoms in total. The van der Waals surface area contributed by atoms with Gasteiger partial charge in [-0.15, -0.1) is 11.3 Å². The Hall–Kier alpha value is -1.66. The molecule has 6 heteroatoms. The lowest BCUT2D eigenvalue weighted by Gasteiger charge is -2.10. The molecule has 2 aromatic rings. The van der Waals surface area contributed by atoms with Crippen molar-refractivity contribution in [2.45, 2.75) is 6.54 Å². The summed E-state index contributed by atoms with van der Waals surface area (Å²) in [6.45, 7) is 0.433. The number of carbonyl (C=O) groups is 2. The number of hydrogen-bond donors (Lipinski definition) is 1. The predicted molar refractivity (Wildman–Crippen MR) is 87.6 cm³/mol. The van der Waals surface area contributed by atoms with E-state index in [0.29, 0.717) is 17.7 Å². The second-order valence-corrected chi connectivity index (χ2v) is 7.01. The highest BCUT2D eigenvalue weighted by atomic mass is 79.9. The third-order valence-electron chi connectivity index (χ3n) is 2.89. The van der Waals surface area contributed by atoms with E-state index in [4.69, 9.17) is 0 Å². The number of thiophene rings is 1. The SMILES string of the molecule is CN(C)C(=O)c1ccc(CNC(=O)c2csc(Br)c2)cc1. The maximum Gasteiger partial charge on any atom is 0.253 e. The van der Waals surface area contributed by atoms with Crippen LogP contribution < -0.4 is 5.32 Å². The highest BCUT2D eigenvalue weighted by Crippen LogP contribution is 2.20. The van der Waals surface area contributed by atoms with Crippen molar-refractivity contribution in [1.29, 1.82) is 0 Å². The van der Waals surface area contributed by atoms with Crippen molar-refractivity contribution in [1.82, 2.24) is 10.2 Å². The molecule has 0 aliphatic heterocycles. The first kappa shape index (κ1) is 15.7. The summed E-state index contributed by atoms with van der Waals surface area (Å²) in [6.07, 6.45) is 0. The smallest absolute Gasteiger partial charge is 0.253 e. The molecule has 1 heterocycles. The Kier molecular flexibility index (Phi) is 5.14. The Morgan fingerprint density at radius 2 is 1.86 bits per heavy atom. The summed E-state index contributed by atoms with van der Waals surface area (Å²) >= 11 is 4.81. The van der Waals surface area contributed by atoms with Gasteiger partial charge in [-0.2, -0.15) is 0 Å². The van der Waals surface area contributed by atoms with Gasteiger partial charge < -0.3 is 10.2 Å². The zero-order valence-electron chi connectivity index (χ0n) is 11.7. The molecule has 1 N–H and O–H groups in total. The Balaban J connectivity index is 1.95. The van der Waals surface area contributed by atoms with Crippen LogP contribution in [0.1, 0.15) is 26.3 Å². The summed E-state index contributed by atoms with van der Waals surface area (Å²) in [6, 6.07) is 9.02. The lowest BCUT2D eigenvalue weighted by Crippen LogP contribution is -2.23. The van der Waals surface area contributed by atoms with Gasteiger partial charge in [0.25, 0.3) is 11.8 Å². The van der Waals surface area contributed by atoms with Crippen LogP contribution in [0.25, 0.3) is 0 Å². The molecule has 110 valence electrons. The summed E-state index contributed by atoms with van der Waals surface area (Å²) in [4.78, 5) is 25.2. The first-order valence-electron chi connectivity index (χ1n) is 6.30. The Bertz CT molecular complexity index is 650. The molecule has 2 amide bonds. The molecule has 2 rings (SSSR count). The van der Waals surface area contributed by atoms with Gasteiger partial charge in [-0.25, -0.2) is 0 Å². The van der Waals surface area contributed by atoms with E-state index < -0.39 is 0 Å². The van der Waals surface area contributed by atoms with Gasteiger partial charge in [-0.05, 0) is 39.7 Å². The summed E-state index contributed by atoms with van der Waals surface area (Å²) in [7, 11) is 3.44. The summed E-state index contributed by atoms with van der Waals surface area (Å²) in [5.41, 5.74) is 2.23. The van der Waals surface area contributed by atoms with Gasteiger partial charge in [0.05, 0.1) is 9.35 Å². The average molecular weight is 367 g/mol. The van der Waals surface area contributed by atoms with Crippen LogP contribution in [-0.4, -0.2) is 30.8 Å². The first-order valence-corrected chi connectivity index (χ1v) is 7.97. The molecule has 0 bridgehead atoms. The van der Waals surface area contributed by atoms with Crippen molar-refractivity contribution in [3.8, 4) is 0 Å². The van der Waals surface area contributed by atoms with Gasteiger partial charge in [-0.1, -0.05) is 12.1 Å². The van der Waals surface area contributed by atoms with E-state index >= 15 is 0 Å². The van der Waals surface area contributed by atoms with Crippen LogP contribution >= 0.6 is 27.3 Å². The fourth-order valence-electron chi connectivity index (χ4n) is 1.74. The highest BCUT2D eigenvalue weighted by Gasteiger charge is 2.09. The van der Waals surface area contributed by atoms with Crippen LogP contribution in [0.15, 0.2) is 39.5 Å².